The monoisotopic (exact) mass is 567 g/mol. The van der Waals surface area contributed by atoms with Gasteiger partial charge in [-0.3, -0.25) is 13.9 Å². The summed E-state index contributed by atoms with van der Waals surface area (Å²) in [6.45, 7) is 1.38. The Labute approximate surface area is 235 Å². The molecule has 0 heterocycles. The van der Waals surface area contributed by atoms with Gasteiger partial charge in [-0.25, -0.2) is 8.42 Å². The van der Waals surface area contributed by atoms with E-state index in [2.05, 4.69) is 5.32 Å². The largest absolute Gasteiger partial charge is 0.352 e. The fourth-order valence-corrected chi connectivity index (χ4v) is 6.35. The Morgan fingerprint density at radius 2 is 1.49 bits per heavy atom. The molecule has 0 saturated heterocycles. The second-order valence-corrected chi connectivity index (χ2v) is 12.1. The predicted molar refractivity (Wildman–Crippen MR) is 154 cm³/mol. The van der Waals surface area contributed by atoms with Gasteiger partial charge in [0.2, 0.25) is 11.8 Å². The highest BCUT2D eigenvalue weighted by Gasteiger charge is 2.33. The molecule has 1 saturated carbocycles. The molecule has 4 rings (SSSR count). The Bertz CT molecular complexity index is 1350. The molecule has 1 aliphatic carbocycles. The van der Waals surface area contributed by atoms with Crippen molar-refractivity contribution in [2.75, 3.05) is 10.8 Å². The average Bonchev–Trinajstić information content (AvgIpc) is 2.96. The third-order valence-corrected chi connectivity index (χ3v) is 9.08. The van der Waals surface area contributed by atoms with Crippen molar-refractivity contribution < 1.29 is 18.0 Å². The van der Waals surface area contributed by atoms with E-state index in [1.54, 1.807) is 49.4 Å². The van der Waals surface area contributed by atoms with Gasteiger partial charge in [-0.05, 0) is 61.7 Å². The number of nitrogens with one attached hydrogen (secondary N) is 1. The van der Waals surface area contributed by atoms with Gasteiger partial charge < -0.3 is 10.2 Å². The van der Waals surface area contributed by atoms with Crippen LogP contribution in [0.25, 0.3) is 0 Å². The molecule has 3 aromatic carbocycles. The number of nitrogens with zero attached hydrogens (tertiary/aromatic N) is 2. The van der Waals surface area contributed by atoms with E-state index in [1.807, 2.05) is 30.3 Å². The molecule has 7 nitrogen and oxygen atoms in total. The number of benzene rings is 3. The summed E-state index contributed by atoms with van der Waals surface area (Å²) in [5.41, 5.74) is 1.14. The van der Waals surface area contributed by atoms with Gasteiger partial charge in [0.25, 0.3) is 10.0 Å². The SMILES string of the molecule is CC(C(=O)NC1CCCCC1)N(Cc1ccccc1)C(=O)CN(c1ccc(Cl)cc1)S(=O)(=O)c1ccccc1. The normalized spacial score (nSPS) is 14.8. The first-order valence-electron chi connectivity index (χ1n) is 13.2. The number of carbonyl (C=O) groups excluding carboxylic acids is 2. The number of sulfonamides is 1. The van der Waals surface area contributed by atoms with Crippen LogP contribution in [0.4, 0.5) is 5.69 Å². The first-order chi connectivity index (χ1) is 18.8. The van der Waals surface area contributed by atoms with Gasteiger partial charge in [-0.1, -0.05) is 79.4 Å². The molecule has 0 aliphatic heterocycles. The number of halogens is 1. The summed E-state index contributed by atoms with van der Waals surface area (Å²) in [6.07, 6.45) is 5.14. The lowest BCUT2D eigenvalue weighted by molar-refractivity contribution is -0.139. The molecule has 206 valence electrons. The van der Waals surface area contributed by atoms with E-state index >= 15 is 0 Å². The van der Waals surface area contributed by atoms with Crippen LogP contribution in [0, 0.1) is 0 Å². The fraction of sp³-hybridized carbons (Fsp3) is 0.333. The number of carbonyl (C=O) groups is 2. The van der Waals surface area contributed by atoms with Gasteiger partial charge in [0.15, 0.2) is 0 Å². The van der Waals surface area contributed by atoms with E-state index in [1.165, 1.54) is 17.0 Å². The zero-order chi connectivity index (χ0) is 27.8. The molecule has 1 unspecified atom stereocenters. The van der Waals surface area contributed by atoms with Gasteiger partial charge in [0.05, 0.1) is 10.6 Å². The highest BCUT2D eigenvalue weighted by atomic mass is 35.5. The Balaban J connectivity index is 1.64. The number of hydrogen-bond acceptors (Lipinski definition) is 4. The van der Waals surface area contributed by atoms with Crippen LogP contribution in [-0.4, -0.2) is 43.8 Å². The first kappa shape index (κ1) is 28.6. The molecule has 0 bridgehead atoms. The van der Waals surface area contributed by atoms with E-state index in [0.29, 0.717) is 10.7 Å². The van der Waals surface area contributed by atoms with E-state index in [4.69, 9.17) is 11.6 Å². The van der Waals surface area contributed by atoms with Crippen molar-refractivity contribution in [2.24, 2.45) is 0 Å². The van der Waals surface area contributed by atoms with E-state index in [9.17, 15) is 18.0 Å². The van der Waals surface area contributed by atoms with Crippen LogP contribution in [0.15, 0.2) is 89.8 Å². The lowest BCUT2D eigenvalue weighted by Crippen LogP contribution is -2.53. The molecule has 0 spiro atoms. The maximum atomic E-state index is 13.9. The molecule has 1 N–H and O–H groups in total. The van der Waals surface area contributed by atoms with Gasteiger partial charge in [0, 0.05) is 17.6 Å². The third kappa shape index (κ3) is 7.40. The third-order valence-electron chi connectivity index (χ3n) is 7.04. The minimum Gasteiger partial charge on any atom is -0.352 e. The second-order valence-electron chi connectivity index (χ2n) is 9.83. The van der Waals surface area contributed by atoms with Crippen molar-refractivity contribution in [1.82, 2.24) is 10.2 Å². The Hall–Kier alpha value is -3.36. The number of hydrogen-bond donors (Lipinski definition) is 1. The summed E-state index contributed by atoms with van der Waals surface area (Å²) in [4.78, 5) is 28.8. The molecule has 9 heteroatoms. The van der Waals surface area contributed by atoms with Crippen LogP contribution < -0.4 is 9.62 Å². The average molecular weight is 568 g/mol. The zero-order valence-corrected chi connectivity index (χ0v) is 23.6. The Morgan fingerprint density at radius 3 is 2.10 bits per heavy atom. The van der Waals surface area contributed by atoms with Gasteiger partial charge in [-0.2, -0.15) is 0 Å². The summed E-state index contributed by atoms with van der Waals surface area (Å²) >= 11 is 6.06. The van der Waals surface area contributed by atoms with Crippen LogP contribution in [0.1, 0.15) is 44.6 Å². The Morgan fingerprint density at radius 1 is 0.897 bits per heavy atom. The van der Waals surface area contributed by atoms with Crippen molar-refractivity contribution >= 4 is 39.1 Å². The second kappa shape index (κ2) is 13.1. The van der Waals surface area contributed by atoms with Crippen LogP contribution in [-0.2, 0) is 26.2 Å². The quantitative estimate of drug-likeness (QED) is 0.355. The summed E-state index contributed by atoms with van der Waals surface area (Å²) in [6, 6.07) is 22.9. The topological polar surface area (TPSA) is 86.8 Å². The number of anilines is 1. The molecular weight excluding hydrogens is 534 g/mol. The molecule has 1 fully saturated rings. The zero-order valence-electron chi connectivity index (χ0n) is 22.0. The Kier molecular flexibility index (Phi) is 9.64. The summed E-state index contributed by atoms with van der Waals surface area (Å²) < 4.78 is 28.6. The maximum absolute atomic E-state index is 13.9. The van der Waals surface area contributed by atoms with Crippen LogP contribution >= 0.6 is 11.6 Å². The minimum absolute atomic E-state index is 0.0606. The molecule has 1 aliphatic rings. The molecule has 0 radical (unpaired) electrons. The van der Waals surface area contributed by atoms with Crippen LogP contribution in [0.2, 0.25) is 5.02 Å². The van der Waals surface area contributed by atoms with Crippen LogP contribution in [0.5, 0.6) is 0 Å². The lowest BCUT2D eigenvalue weighted by atomic mass is 9.95. The van der Waals surface area contributed by atoms with E-state index in [0.717, 1.165) is 42.0 Å². The molecule has 39 heavy (non-hydrogen) atoms. The summed E-state index contributed by atoms with van der Waals surface area (Å²) in [5, 5.41) is 3.55. The molecule has 2 amide bonds. The summed E-state index contributed by atoms with van der Waals surface area (Å²) in [5.74, 6) is -0.727. The molecule has 3 aromatic rings. The van der Waals surface area contributed by atoms with Gasteiger partial charge >= 0.3 is 0 Å². The first-order valence-corrected chi connectivity index (χ1v) is 15.0. The van der Waals surface area contributed by atoms with Crippen molar-refractivity contribution in [1.29, 1.82) is 0 Å². The fourth-order valence-electron chi connectivity index (χ4n) is 4.79. The van der Waals surface area contributed by atoms with Gasteiger partial charge in [-0.15, -0.1) is 0 Å². The van der Waals surface area contributed by atoms with Crippen molar-refractivity contribution in [2.45, 2.75) is 62.6 Å². The predicted octanol–water partition coefficient (Wildman–Crippen LogP) is 5.40. The minimum atomic E-state index is -4.09. The lowest BCUT2D eigenvalue weighted by Gasteiger charge is -2.33. The molecule has 0 aromatic heterocycles. The number of rotatable bonds is 10. The summed E-state index contributed by atoms with van der Waals surface area (Å²) in [7, 11) is -4.09. The van der Waals surface area contributed by atoms with Crippen molar-refractivity contribution in [3.63, 3.8) is 0 Å². The smallest absolute Gasteiger partial charge is 0.264 e. The van der Waals surface area contributed by atoms with E-state index < -0.39 is 28.5 Å². The van der Waals surface area contributed by atoms with Crippen LogP contribution in [0.3, 0.4) is 0 Å². The standard InChI is InChI=1S/C30H34ClN3O4S/c1-23(30(36)32-26-13-7-3-8-14-26)33(21-24-11-5-2-6-12-24)29(35)22-34(27-19-17-25(31)18-20-27)39(37,38)28-15-9-4-10-16-28/h2,4-6,9-12,15-20,23,26H,3,7-8,13-14,21-22H2,1H3,(H,32,36). The maximum Gasteiger partial charge on any atom is 0.264 e. The van der Waals surface area contributed by atoms with Crippen molar-refractivity contribution in [3.05, 3.63) is 95.5 Å². The highest BCUT2D eigenvalue weighted by molar-refractivity contribution is 7.92. The van der Waals surface area contributed by atoms with Gasteiger partial charge in [0.1, 0.15) is 12.6 Å². The van der Waals surface area contributed by atoms with E-state index in [-0.39, 0.29) is 23.4 Å². The molecule has 1 atom stereocenters. The van der Waals surface area contributed by atoms with Crippen molar-refractivity contribution in [3.8, 4) is 0 Å². The molecular formula is C30H34ClN3O4S. The number of amides is 2. The highest BCUT2D eigenvalue weighted by Crippen LogP contribution is 2.26.